The van der Waals surface area contributed by atoms with Gasteiger partial charge in [-0.1, -0.05) is 35.9 Å². The molecule has 4 heterocycles. The van der Waals surface area contributed by atoms with E-state index in [-0.39, 0.29) is 18.0 Å². The summed E-state index contributed by atoms with van der Waals surface area (Å²) in [5.41, 5.74) is 4.73. The van der Waals surface area contributed by atoms with E-state index in [0.29, 0.717) is 78.1 Å². The number of anilines is 1. The Labute approximate surface area is 271 Å². The second-order valence-electron chi connectivity index (χ2n) is 11.2. The maximum atomic E-state index is 14.3. The maximum absolute atomic E-state index is 14.3. The van der Waals surface area contributed by atoms with Crippen molar-refractivity contribution in [1.29, 1.82) is 0 Å². The molecule has 1 aliphatic rings. The Balaban J connectivity index is 1.40. The normalized spacial score (nSPS) is 13.5. The van der Waals surface area contributed by atoms with Crippen LogP contribution in [0, 0.1) is 6.92 Å². The molecular weight excluding hydrogens is 604 g/mol. The van der Waals surface area contributed by atoms with E-state index in [1.165, 1.54) is 0 Å². The van der Waals surface area contributed by atoms with Crippen LogP contribution in [-0.4, -0.2) is 75.1 Å². The van der Waals surface area contributed by atoms with Gasteiger partial charge in [0.1, 0.15) is 11.4 Å². The third-order valence-electron chi connectivity index (χ3n) is 8.08. The molecule has 0 unspecified atom stereocenters. The molecule has 0 aliphatic carbocycles. The number of hydrogen-bond acceptors (Lipinski definition) is 9. The van der Waals surface area contributed by atoms with Gasteiger partial charge in [-0.3, -0.25) is 24.0 Å². The first kappa shape index (κ1) is 31.1. The van der Waals surface area contributed by atoms with Crippen LogP contribution in [0.25, 0.3) is 33.4 Å². The van der Waals surface area contributed by atoms with Crippen LogP contribution in [0.2, 0.25) is 5.02 Å². The lowest BCUT2D eigenvalue weighted by Gasteiger charge is -2.27. The van der Waals surface area contributed by atoms with E-state index in [2.05, 4.69) is 20.2 Å². The number of aromatic nitrogens is 5. The fourth-order valence-electron chi connectivity index (χ4n) is 5.60. The number of piperazine rings is 1. The summed E-state index contributed by atoms with van der Waals surface area (Å²) >= 11 is 6.83. The molecule has 12 heteroatoms. The number of rotatable bonds is 10. The van der Waals surface area contributed by atoms with Gasteiger partial charge in [0.2, 0.25) is 11.9 Å². The Bertz CT molecular complexity index is 1950. The second kappa shape index (κ2) is 13.6. The van der Waals surface area contributed by atoms with Crippen molar-refractivity contribution in [1.82, 2.24) is 34.7 Å². The monoisotopic (exact) mass is 638 g/mol. The first-order valence-electron chi connectivity index (χ1n) is 15.2. The van der Waals surface area contributed by atoms with Crippen LogP contribution >= 0.6 is 11.6 Å². The fraction of sp³-hybridized carbons (Fsp3) is 0.294. The zero-order chi connectivity index (χ0) is 32.2. The lowest BCUT2D eigenvalue weighted by Crippen LogP contribution is -2.48. The number of halogens is 1. The number of carbonyl (C=O) groups is 1. The number of carbonyl (C=O) groups excluding carboxylic acids is 1. The van der Waals surface area contributed by atoms with Crippen molar-refractivity contribution in [2.24, 2.45) is 0 Å². The summed E-state index contributed by atoms with van der Waals surface area (Å²) in [5.74, 6) is 1.29. The van der Waals surface area contributed by atoms with Crippen LogP contribution in [0.3, 0.4) is 0 Å². The number of nitrogens with one attached hydrogen (secondary N) is 1. The first-order valence-corrected chi connectivity index (χ1v) is 15.6. The highest BCUT2D eigenvalue weighted by Gasteiger charge is 2.20. The number of nitrogens with zero attached hydrogens (tertiary/aromatic N) is 7. The summed E-state index contributed by atoms with van der Waals surface area (Å²) < 4.78 is 6.98. The molecule has 0 bridgehead atoms. The van der Waals surface area contributed by atoms with Gasteiger partial charge in [0.25, 0.3) is 5.56 Å². The number of hydrogen-bond donors (Lipinski definition) is 1. The smallest absolute Gasteiger partial charge is 0.260 e. The van der Waals surface area contributed by atoms with Crippen molar-refractivity contribution >= 4 is 34.5 Å². The Morgan fingerprint density at radius 2 is 1.83 bits per heavy atom. The number of pyridine rings is 1. The van der Waals surface area contributed by atoms with Gasteiger partial charge in [0, 0.05) is 78.8 Å². The fourth-order valence-corrected chi connectivity index (χ4v) is 5.88. The maximum Gasteiger partial charge on any atom is 0.260 e. The highest BCUT2D eigenvalue weighted by molar-refractivity contribution is 6.33. The minimum Gasteiger partial charge on any atom is -0.497 e. The van der Waals surface area contributed by atoms with Gasteiger partial charge in [-0.15, -0.1) is 0 Å². The van der Waals surface area contributed by atoms with Crippen molar-refractivity contribution in [3.05, 3.63) is 93.8 Å². The molecule has 11 nitrogen and oxygen atoms in total. The molecule has 0 spiro atoms. The third-order valence-corrected chi connectivity index (χ3v) is 8.39. The summed E-state index contributed by atoms with van der Waals surface area (Å²) in [6.07, 6.45) is 5.14. The number of benzene rings is 2. The van der Waals surface area contributed by atoms with Gasteiger partial charge in [0.15, 0.2) is 0 Å². The molecule has 0 radical (unpaired) electrons. The summed E-state index contributed by atoms with van der Waals surface area (Å²) in [4.78, 5) is 48.9. The van der Waals surface area contributed by atoms with E-state index < -0.39 is 0 Å². The van der Waals surface area contributed by atoms with E-state index >= 15 is 0 Å². The number of ether oxygens (including phenoxy) is 1. The quantitative estimate of drug-likeness (QED) is 0.238. The van der Waals surface area contributed by atoms with Gasteiger partial charge < -0.3 is 15.0 Å². The Kier molecular flexibility index (Phi) is 9.23. The number of methoxy groups -OCH3 is 1. The minimum absolute atomic E-state index is 0.0240. The molecule has 3 aromatic heterocycles. The van der Waals surface area contributed by atoms with Crippen LogP contribution in [0.5, 0.6) is 5.75 Å². The van der Waals surface area contributed by atoms with Gasteiger partial charge in [-0.2, -0.15) is 4.98 Å². The lowest BCUT2D eigenvalue weighted by atomic mass is 10.0. The lowest BCUT2D eigenvalue weighted by molar-refractivity contribution is -0.124. The van der Waals surface area contributed by atoms with Gasteiger partial charge in [0.05, 0.1) is 31.2 Å². The molecule has 0 atom stereocenters. The molecule has 236 valence electrons. The van der Waals surface area contributed by atoms with Crippen LogP contribution in [0.1, 0.15) is 18.2 Å². The minimum atomic E-state index is -0.221. The average molecular weight is 639 g/mol. The van der Waals surface area contributed by atoms with E-state index in [1.54, 1.807) is 42.4 Å². The molecule has 1 fully saturated rings. The van der Waals surface area contributed by atoms with Gasteiger partial charge in [-0.05, 0) is 43.7 Å². The highest BCUT2D eigenvalue weighted by atomic mass is 35.5. The van der Waals surface area contributed by atoms with E-state index in [0.717, 1.165) is 22.6 Å². The first-order chi connectivity index (χ1) is 22.3. The molecule has 46 heavy (non-hydrogen) atoms. The average Bonchev–Trinajstić information content (AvgIpc) is 3.07. The third kappa shape index (κ3) is 6.70. The van der Waals surface area contributed by atoms with Crippen LogP contribution < -0.4 is 20.5 Å². The zero-order valence-electron chi connectivity index (χ0n) is 26.0. The molecule has 5 aromatic rings. The number of amides is 1. The topological polar surface area (TPSA) is 118 Å². The van der Waals surface area contributed by atoms with Gasteiger partial charge >= 0.3 is 0 Å². The van der Waals surface area contributed by atoms with E-state index in [1.807, 2.05) is 55.1 Å². The van der Waals surface area contributed by atoms with Crippen molar-refractivity contribution < 1.29 is 9.53 Å². The standard InChI is InChI=1S/C34H35ClN8O3/c1-4-42(20-23-5-8-26(46-3)9-6-23)34-38-18-25-15-28(27-10-7-24(16-29(27)35)30-19-36-17-22(2)39-30)33(45)43(32(25)40-34)14-13-41-12-11-37-31(44)21-41/h5-10,15-19H,4,11-14,20-21H2,1-3H3,(H,37,44). The van der Waals surface area contributed by atoms with Crippen molar-refractivity contribution in [2.75, 3.05) is 44.7 Å². The molecule has 2 aromatic carbocycles. The van der Waals surface area contributed by atoms with Crippen molar-refractivity contribution in [2.45, 2.75) is 26.9 Å². The van der Waals surface area contributed by atoms with Crippen LogP contribution in [0.15, 0.2) is 71.9 Å². The Hall–Kier alpha value is -4.87. The van der Waals surface area contributed by atoms with Gasteiger partial charge in [-0.25, -0.2) is 9.97 Å². The molecular formula is C34H35ClN8O3. The molecule has 1 saturated heterocycles. The summed E-state index contributed by atoms with van der Waals surface area (Å²) in [7, 11) is 1.64. The summed E-state index contributed by atoms with van der Waals surface area (Å²) in [6.45, 7) is 7.59. The molecule has 1 N–H and O–H groups in total. The number of fused-ring (bicyclic) bond motifs is 1. The molecule has 1 aliphatic heterocycles. The van der Waals surface area contributed by atoms with Crippen molar-refractivity contribution in [3.63, 3.8) is 0 Å². The summed E-state index contributed by atoms with van der Waals surface area (Å²) in [6, 6.07) is 15.2. The Morgan fingerprint density at radius 3 is 2.54 bits per heavy atom. The molecule has 1 amide bonds. The number of aryl methyl sites for hydroxylation is 1. The predicted octanol–water partition coefficient (Wildman–Crippen LogP) is 4.34. The largest absolute Gasteiger partial charge is 0.497 e. The van der Waals surface area contributed by atoms with Crippen LogP contribution in [-0.2, 0) is 17.9 Å². The van der Waals surface area contributed by atoms with Crippen LogP contribution in [0.4, 0.5) is 5.95 Å². The Morgan fingerprint density at radius 1 is 1.00 bits per heavy atom. The summed E-state index contributed by atoms with van der Waals surface area (Å²) in [5, 5.41) is 3.98. The van der Waals surface area contributed by atoms with Crippen molar-refractivity contribution in [3.8, 4) is 28.1 Å². The molecule has 6 rings (SSSR count). The van der Waals surface area contributed by atoms with E-state index in [4.69, 9.17) is 26.3 Å². The molecule has 0 saturated carbocycles. The zero-order valence-corrected chi connectivity index (χ0v) is 26.8. The second-order valence-corrected chi connectivity index (χ2v) is 11.6. The van der Waals surface area contributed by atoms with E-state index in [9.17, 15) is 9.59 Å². The highest BCUT2D eigenvalue weighted by Crippen LogP contribution is 2.32. The predicted molar refractivity (Wildman–Crippen MR) is 179 cm³/mol. The SMILES string of the molecule is CCN(Cc1ccc(OC)cc1)c1ncc2cc(-c3ccc(-c4cncc(C)n4)cc3Cl)c(=O)n(CCN3CCNC(=O)C3)c2n1.